The van der Waals surface area contributed by atoms with Gasteiger partial charge in [0, 0.05) is 6.07 Å². The van der Waals surface area contributed by atoms with Crippen molar-refractivity contribution in [2.45, 2.75) is 0 Å². The average Bonchev–Trinajstić information content (AvgIpc) is 2.33. The van der Waals surface area contributed by atoms with Crippen LogP contribution in [0.1, 0.15) is 0 Å². The van der Waals surface area contributed by atoms with E-state index >= 15 is 0 Å². The molecule has 0 aliphatic rings. The van der Waals surface area contributed by atoms with Crippen molar-refractivity contribution in [2.75, 3.05) is 0 Å². The van der Waals surface area contributed by atoms with Crippen molar-refractivity contribution in [2.24, 2.45) is 0 Å². The fourth-order valence-electron chi connectivity index (χ4n) is 0.581. The molecule has 0 aliphatic carbocycles. The second-order valence-electron chi connectivity index (χ2n) is 1.50. The molecule has 4 nitrogen and oxygen atoms in total. The van der Waals surface area contributed by atoms with Gasteiger partial charge in [-0.15, -0.1) is 5.10 Å². The molecule has 2 aromatic heterocycles. The lowest BCUT2D eigenvalue weighted by atomic mass is 10.5. The quantitative estimate of drug-likeness (QED) is 0.505. The fourth-order valence-corrected chi connectivity index (χ4v) is 0.581. The number of fused-ring (bicyclic) bond motifs is 1. The third kappa shape index (κ3) is 0.561. The van der Waals surface area contributed by atoms with E-state index in [2.05, 4.69) is 21.2 Å². The normalized spacial score (nSPS) is 10.2. The number of oxazole rings is 1. The lowest BCUT2D eigenvalue weighted by molar-refractivity contribution is 0.585. The number of rotatable bonds is 0. The van der Waals surface area contributed by atoms with Crippen LogP contribution in [0.4, 0.5) is 0 Å². The highest BCUT2D eigenvalue weighted by molar-refractivity contribution is 5.64. The molecule has 0 saturated heterocycles. The molecular weight excluding hydrogens is 118 g/mol. The van der Waals surface area contributed by atoms with Crippen LogP contribution in [0.3, 0.4) is 0 Å². The monoisotopic (exact) mass is 120 g/mol. The highest BCUT2D eigenvalue weighted by atomic mass is 16.3. The third-order valence-electron chi connectivity index (χ3n) is 0.956. The number of nitrogens with zero attached hydrogens (tertiary/aromatic N) is 3. The molecule has 1 radical (unpaired) electrons. The molecule has 0 fully saturated rings. The van der Waals surface area contributed by atoms with Crippen LogP contribution in [-0.2, 0) is 0 Å². The Kier molecular flexibility index (Phi) is 0.745. The van der Waals surface area contributed by atoms with Crippen molar-refractivity contribution in [3.05, 3.63) is 18.7 Å². The highest BCUT2D eigenvalue weighted by Crippen LogP contribution is 2.03. The molecule has 9 heavy (non-hydrogen) atoms. The largest absolute Gasteiger partial charge is 0.424 e. The Bertz CT molecular complexity index is 286. The SMILES string of the molecule is [c]1cnnc2ocnc12. The van der Waals surface area contributed by atoms with E-state index in [1.165, 1.54) is 12.6 Å². The summed E-state index contributed by atoms with van der Waals surface area (Å²) in [6.45, 7) is 0. The summed E-state index contributed by atoms with van der Waals surface area (Å²) in [6, 6.07) is 2.75. The third-order valence-corrected chi connectivity index (χ3v) is 0.956. The zero-order chi connectivity index (χ0) is 6.10. The van der Waals surface area contributed by atoms with Gasteiger partial charge >= 0.3 is 0 Å². The van der Waals surface area contributed by atoms with Crippen LogP contribution < -0.4 is 0 Å². The van der Waals surface area contributed by atoms with E-state index in [1.807, 2.05) is 0 Å². The molecule has 0 spiro atoms. The lowest BCUT2D eigenvalue weighted by Gasteiger charge is -1.76. The van der Waals surface area contributed by atoms with E-state index in [1.54, 1.807) is 0 Å². The van der Waals surface area contributed by atoms with E-state index in [0.717, 1.165) is 0 Å². The molecule has 0 bridgehead atoms. The first kappa shape index (κ1) is 4.43. The molecule has 2 aromatic rings. The van der Waals surface area contributed by atoms with Gasteiger partial charge in [0.2, 0.25) is 0 Å². The molecule has 2 heterocycles. The van der Waals surface area contributed by atoms with Crippen molar-refractivity contribution in [3.63, 3.8) is 0 Å². The summed E-state index contributed by atoms with van der Waals surface area (Å²) in [5.74, 6) is 0. The lowest BCUT2D eigenvalue weighted by Crippen LogP contribution is -1.77. The molecule has 43 valence electrons. The van der Waals surface area contributed by atoms with Crippen molar-refractivity contribution in [1.29, 1.82) is 0 Å². The van der Waals surface area contributed by atoms with Crippen LogP contribution in [0.5, 0.6) is 0 Å². The minimum absolute atomic E-state index is 0.428. The summed E-state index contributed by atoms with van der Waals surface area (Å²) in [6.07, 6.45) is 2.76. The molecule has 0 amide bonds. The van der Waals surface area contributed by atoms with Crippen LogP contribution in [0.25, 0.3) is 11.2 Å². The molecule has 0 aliphatic heterocycles. The maximum atomic E-state index is 4.80. The first-order valence-electron chi connectivity index (χ1n) is 2.39. The summed E-state index contributed by atoms with van der Waals surface area (Å²) in [5.41, 5.74) is 1.04. The second-order valence-corrected chi connectivity index (χ2v) is 1.50. The van der Waals surface area contributed by atoms with Gasteiger partial charge in [-0.2, -0.15) is 5.10 Å². The molecular formula is C5H2N3O. The van der Waals surface area contributed by atoms with E-state index in [4.69, 9.17) is 4.42 Å². The second kappa shape index (κ2) is 1.51. The van der Waals surface area contributed by atoms with Crippen molar-refractivity contribution < 1.29 is 4.42 Å². The van der Waals surface area contributed by atoms with Crippen molar-refractivity contribution >= 4 is 11.2 Å². The maximum Gasteiger partial charge on any atom is 0.266 e. The highest BCUT2D eigenvalue weighted by Gasteiger charge is 1.95. The Balaban J connectivity index is 2.95. The van der Waals surface area contributed by atoms with Crippen LogP contribution in [-0.4, -0.2) is 15.2 Å². The Hall–Kier alpha value is -1.45. The molecule has 0 aromatic carbocycles. The number of hydrogen-bond acceptors (Lipinski definition) is 4. The Morgan fingerprint density at radius 2 is 2.56 bits per heavy atom. The molecule has 2 rings (SSSR count). The Morgan fingerprint density at radius 3 is 3.44 bits per heavy atom. The van der Waals surface area contributed by atoms with E-state index in [0.29, 0.717) is 11.2 Å². The van der Waals surface area contributed by atoms with Crippen LogP contribution >= 0.6 is 0 Å². The summed E-state index contributed by atoms with van der Waals surface area (Å²) < 4.78 is 4.80. The summed E-state index contributed by atoms with van der Waals surface area (Å²) in [4.78, 5) is 3.79. The van der Waals surface area contributed by atoms with E-state index in [-0.39, 0.29) is 0 Å². The fraction of sp³-hybridized carbons (Fsp3) is 0. The number of aromatic nitrogens is 3. The maximum absolute atomic E-state index is 4.80. The summed E-state index contributed by atoms with van der Waals surface area (Å²) in [7, 11) is 0. The average molecular weight is 120 g/mol. The predicted octanol–water partition coefficient (Wildman–Crippen LogP) is 0.418. The summed E-state index contributed by atoms with van der Waals surface area (Å²) >= 11 is 0. The number of hydrogen-bond donors (Lipinski definition) is 0. The van der Waals surface area contributed by atoms with Gasteiger partial charge < -0.3 is 4.42 Å². The molecule has 0 saturated carbocycles. The zero-order valence-corrected chi connectivity index (χ0v) is 4.40. The zero-order valence-electron chi connectivity index (χ0n) is 4.40. The van der Waals surface area contributed by atoms with Crippen LogP contribution in [0, 0.1) is 6.07 Å². The van der Waals surface area contributed by atoms with Gasteiger partial charge in [0.05, 0.1) is 6.20 Å². The van der Waals surface area contributed by atoms with Crippen molar-refractivity contribution in [3.8, 4) is 0 Å². The molecule has 0 N–H and O–H groups in total. The van der Waals surface area contributed by atoms with Gasteiger partial charge in [0.25, 0.3) is 5.71 Å². The van der Waals surface area contributed by atoms with Gasteiger partial charge in [0.15, 0.2) is 6.39 Å². The van der Waals surface area contributed by atoms with Crippen LogP contribution in [0.15, 0.2) is 17.0 Å². The Morgan fingerprint density at radius 1 is 1.56 bits per heavy atom. The van der Waals surface area contributed by atoms with Gasteiger partial charge in [-0.05, 0) is 0 Å². The first-order valence-corrected chi connectivity index (χ1v) is 2.39. The predicted molar refractivity (Wildman–Crippen MR) is 28.4 cm³/mol. The summed E-state index contributed by atoms with van der Waals surface area (Å²) in [5, 5.41) is 7.18. The topological polar surface area (TPSA) is 51.8 Å². The van der Waals surface area contributed by atoms with Gasteiger partial charge in [0.1, 0.15) is 5.52 Å². The molecule has 0 unspecified atom stereocenters. The van der Waals surface area contributed by atoms with Gasteiger partial charge in [-0.25, -0.2) is 4.98 Å². The van der Waals surface area contributed by atoms with Crippen LogP contribution in [0.2, 0.25) is 0 Å². The molecule has 0 atom stereocenters. The minimum atomic E-state index is 0.428. The van der Waals surface area contributed by atoms with Gasteiger partial charge in [-0.3, -0.25) is 0 Å². The van der Waals surface area contributed by atoms with E-state index in [9.17, 15) is 0 Å². The Labute approximate surface area is 50.5 Å². The molecule has 4 heteroatoms. The van der Waals surface area contributed by atoms with E-state index < -0.39 is 0 Å². The smallest absolute Gasteiger partial charge is 0.266 e. The van der Waals surface area contributed by atoms with Gasteiger partial charge in [-0.1, -0.05) is 0 Å². The minimum Gasteiger partial charge on any atom is -0.424 e. The first-order chi connectivity index (χ1) is 4.47. The standard InChI is InChI=1S/C5H2N3O/c1-2-7-8-5-4(1)6-3-9-5/h2-3H. The van der Waals surface area contributed by atoms with Crippen molar-refractivity contribution in [1.82, 2.24) is 15.2 Å².